The Bertz CT molecular complexity index is 349. The first-order valence-electron chi connectivity index (χ1n) is 5.91. The molecule has 1 aromatic carbocycles. The van der Waals surface area contributed by atoms with Gasteiger partial charge in [-0.25, -0.2) is 0 Å². The molecule has 0 saturated heterocycles. The second kappa shape index (κ2) is 4.26. The summed E-state index contributed by atoms with van der Waals surface area (Å²) in [4.78, 5) is 0. The van der Waals surface area contributed by atoms with E-state index >= 15 is 0 Å². The molecule has 0 unspecified atom stereocenters. The SMILES string of the molecule is Cc1cc(C)c(OC2CCCC2)cc1C. The van der Waals surface area contributed by atoms with E-state index in [1.54, 1.807) is 0 Å². The Morgan fingerprint density at radius 3 is 2.20 bits per heavy atom. The average molecular weight is 204 g/mol. The fraction of sp³-hybridized carbons (Fsp3) is 0.571. The fourth-order valence-corrected chi connectivity index (χ4v) is 2.25. The van der Waals surface area contributed by atoms with Crippen LogP contribution in [0.5, 0.6) is 5.75 Å². The first kappa shape index (κ1) is 10.5. The van der Waals surface area contributed by atoms with Gasteiger partial charge in [0.2, 0.25) is 0 Å². The summed E-state index contributed by atoms with van der Waals surface area (Å²) in [6, 6.07) is 4.41. The minimum atomic E-state index is 0.464. The Morgan fingerprint density at radius 1 is 0.933 bits per heavy atom. The summed E-state index contributed by atoms with van der Waals surface area (Å²) in [6.45, 7) is 6.44. The number of hydrogen-bond donors (Lipinski definition) is 0. The molecule has 0 spiro atoms. The van der Waals surface area contributed by atoms with Crippen LogP contribution in [-0.4, -0.2) is 6.10 Å². The molecule has 1 heteroatoms. The molecule has 0 aliphatic heterocycles. The van der Waals surface area contributed by atoms with Gasteiger partial charge in [-0.05, 0) is 69.2 Å². The van der Waals surface area contributed by atoms with Gasteiger partial charge in [-0.15, -0.1) is 0 Å². The normalized spacial score (nSPS) is 17.0. The Morgan fingerprint density at radius 2 is 1.53 bits per heavy atom. The van der Waals surface area contributed by atoms with E-state index in [1.165, 1.54) is 42.4 Å². The largest absolute Gasteiger partial charge is 0.490 e. The van der Waals surface area contributed by atoms with Crippen molar-refractivity contribution in [3.8, 4) is 5.75 Å². The molecule has 0 radical (unpaired) electrons. The molecule has 1 nitrogen and oxygen atoms in total. The van der Waals surface area contributed by atoms with Crippen LogP contribution in [0.1, 0.15) is 42.4 Å². The first-order chi connectivity index (χ1) is 7.16. The Labute approximate surface area is 92.5 Å². The summed E-state index contributed by atoms with van der Waals surface area (Å²) in [5.74, 6) is 1.09. The van der Waals surface area contributed by atoms with E-state index in [0.717, 1.165) is 5.75 Å². The Kier molecular flexibility index (Phi) is 2.99. The number of hydrogen-bond acceptors (Lipinski definition) is 1. The zero-order chi connectivity index (χ0) is 10.8. The highest BCUT2D eigenvalue weighted by atomic mass is 16.5. The predicted molar refractivity (Wildman–Crippen MR) is 63.5 cm³/mol. The van der Waals surface area contributed by atoms with Crippen molar-refractivity contribution in [2.24, 2.45) is 0 Å². The Hall–Kier alpha value is -0.980. The van der Waals surface area contributed by atoms with Crippen molar-refractivity contribution >= 4 is 0 Å². The first-order valence-corrected chi connectivity index (χ1v) is 5.91. The van der Waals surface area contributed by atoms with Crippen molar-refractivity contribution in [1.29, 1.82) is 0 Å². The summed E-state index contributed by atoms with van der Waals surface area (Å²) < 4.78 is 6.04. The van der Waals surface area contributed by atoms with Gasteiger partial charge in [-0.1, -0.05) is 6.07 Å². The molecule has 0 heterocycles. The van der Waals surface area contributed by atoms with Crippen LogP contribution in [0.25, 0.3) is 0 Å². The zero-order valence-electron chi connectivity index (χ0n) is 9.97. The molecule has 15 heavy (non-hydrogen) atoms. The standard InChI is InChI=1S/C14H20O/c1-10-8-12(3)14(9-11(10)2)15-13-6-4-5-7-13/h8-9,13H,4-7H2,1-3H3. The third-order valence-electron chi connectivity index (χ3n) is 3.39. The highest BCUT2D eigenvalue weighted by molar-refractivity contribution is 5.41. The zero-order valence-corrected chi connectivity index (χ0v) is 9.97. The molecular weight excluding hydrogens is 184 g/mol. The van der Waals surface area contributed by atoms with Crippen LogP contribution < -0.4 is 4.74 Å². The third kappa shape index (κ3) is 2.34. The molecule has 0 amide bonds. The summed E-state index contributed by atoms with van der Waals surface area (Å²) in [5.41, 5.74) is 3.95. The maximum atomic E-state index is 6.04. The predicted octanol–water partition coefficient (Wildman–Crippen LogP) is 3.93. The lowest BCUT2D eigenvalue weighted by Gasteiger charge is -2.16. The van der Waals surface area contributed by atoms with E-state index in [0.29, 0.717) is 6.10 Å². The Balaban J connectivity index is 2.16. The molecule has 2 rings (SSSR count). The van der Waals surface area contributed by atoms with E-state index in [1.807, 2.05) is 0 Å². The highest BCUT2D eigenvalue weighted by Gasteiger charge is 2.17. The molecule has 0 atom stereocenters. The van der Waals surface area contributed by atoms with E-state index < -0.39 is 0 Å². The minimum Gasteiger partial charge on any atom is -0.490 e. The lowest BCUT2D eigenvalue weighted by atomic mass is 10.1. The smallest absolute Gasteiger partial charge is 0.122 e. The quantitative estimate of drug-likeness (QED) is 0.709. The number of rotatable bonds is 2. The van der Waals surface area contributed by atoms with Crippen LogP contribution in [0.4, 0.5) is 0 Å². The second-order valence-corrected chi connectivity index (χ2v) is 4.73. The van der Waals surface area contributed by atoms with Crippen LogP contribution in [0, 0.1) is 20.8 Å². The minimum absolute atomic E-state index is 0.464. The molecule has 1 fully saturated rings. The third-order valence-corrected chi connectivity index (χ3v) is 3.39. The fourth-order valence-electron chi connectivity index (χ4n) is 2.25. The summed E-state index contributed by atoms with van der Waals surface area (Å²) in [5, 5.41) is 0. The lowest BCUT2D eigenvalue weighted by molar-refractivity contribution is 0.208. The molecule has 1 aliphatic rings. The monoisotopic (exact) mass is 204 g/mol. The van der Waals surface area contributed by atoms with Crippen molar-refractivity contribution in [2.75, 3.05) is 0 Å². The molecule has 1 aromatic rings. The van der Waals surface area contributed by atoms with Gasteiger partial charge in [-0.3, -0.25) is 0 Å². The van der Waals surface area contributed by atoms with Crippen LogP contribution in [0.3, 0.4) is 0 Å². The van der Waals surface area contributed by atoms with Gasteiger partial charge in [-0.2, -0.15) is 0 Å². The topological polar surface area (TPSA) is 9.23 Å². The maximum Gasteiger partial charge on any atom is 0.122 e. The van der Waals surface area contributed by atoms with Crippen molar-refractivity contribution in [3.05, 3.63) is 28.8 Å². The van der Waals surface area contributed by atoms with Crippen molar-refractivity contribution in [2.45, 2.75) is 52.6 Å². The van der Waals surface area contributed by atoms with Gasteiger partial charge in [0.25, 0.3) is 0 Å². The van der Waals surface area contributed by atoms with Crippen LogP contribution in [-0.2, 0) is 0 Å². The molecule has 0 aromatic heterocycles. The summed E-state index contributed by atoms with van der Waals surface area (Å²) in [7, 11) is 0. The van der Waals surface area contributed by atoms with Crippen molar-refractivity contribution in [1.82, 2.24) is 0 Å². The number of aryl methyl sites for hydroxylation is 3. The van der Waals surface area contributed by atoms with Crippen molar-refractivity contribution < 1.29 is 4.74 Å². The molecule has 1 saturated carbocycles. The van der Waals surface area contributed by atoms with Crippen LogP contribution >= 0.6 is 0 Å². The van der Waals surface area contributed by atoms with E-state index in [2.05, 4.69) is 32.9 Å². The summed E-state index contributed by atoms with van der Waals surface area (Å²) >= 11 is 0. The maximum absolute atomic E-state index is 6.04. The summed E-state index contributed by atoms with van der Waals surface area (Å²) in [6.07, 6.45) is 5.58. The highest BCUT2D eigenvalue weighted by Crippen LogP contribution is 2.28. The van der Waals surface area contributed by atoms with Gasteiger partial charge >= 0.3 is 0 Å². The van der Waals surface area contributed by atoms with Crippen LogP contribution in [0.2, 0.25) is 0 Å². The molecule has 0 bridgehead atoms. The van der Waals surface area contributed by atoms with Gasteiger partial charge in [0.1, 0.15) is 5.75 Å². The van der Waals surface area contributed by atoms with E-state index in [9.17, 15) is 0 Å². The van der Waals surface area contributed by atoms with Gasteiger partial charge in [0.05, 0.1) is 6.10 Å². The number of benzene rings is 1. The van der Waals surface area contributed by atoms with E-state index in [-0.39, 0.29) is 0 Å². The van der Waals surface area contributed by atoms with E-state index in [4.69, 9.17) is 4.74 Å². The molecule has 1 aliphatic carbocycles. The van der Waals surface area contributed by atoms with Gasteiger partial charge in [0.15, 0.2) is 0 Å². The average Bonchev–Trinajstić information content (AvgIpc) is 2.67. The van der Waals surface area contributed by atoms with Crippen molar-refractivity contribution in [3.63, 3.8) is 0 Å². The van der Waals surface area contributed by atoms with Gasteiger partial charge < -0.3 is 4.74 Å². The van der Waals surface area contributed by atoms with Gasteiger partial charge in [0, 0.05) is 0 Å². The molecular formula is C14H20O. The number of ether oxygens (including phenoxy) is 1. The second-order valence-electron chi connectivity index (χ2n) is 4.73. The molecule has 82 valence electrons. The van der Waals surface area contributed by atoms with Crippen LogP contribution in [0.15, 0.2) is 12.1 Å². The lowest BCUT2D eigenvalue weighted by Crippen LogP contribution is -2.11. The molecule has 0 N–H and O–H groups in total.